The molecule has 136 valence electrons. The highest BCUT2D eigenvalue weighted by molar-refractivity contribution is 7.92. The van der Waals surface area contributed by atoms with Crippen molar-refractivity contribution in [2.24, 2.45) is 0 Å². The fraction of sp³-hybridized carbons (Fsp3) is 0.588. The van der Waals surface area contributed by atoms with Crippen molar-refractivity contribution in [2.45, 2.75) is 52.5 Å². The normalized spacial score (nSPS) is 12.7. The number of carbonyl (C=O) groups excluding carboxylic acids is 1. The number of anilines is 1. The molecular weight excluding hydrogens is 348 g/mol. The summed E-state index contributed by atoms with van der Waals surface area (Å²) in [7, 11) is -3.44. The van der Waals surface area contributed by atoms with Crippen molar-refractivity contribution in [1.29, 1.82) is 0 Å². The molecule has 0 aliphatic heterocycles. The summed E-state index contributed by atoms with van der Waals surface area (Å²) in [6, 6.07) is 5.29. The van der Waals surface area contributed by atoms with E-state index in [0.29, 0.717) is 23.6 Å². The summed E-state index contributed by atoms with van der Waals surface area (Å²) in [5.74, 6) is -0.0489. The van der Waals surface area contributed by atoms with Crippen LogP contribution in [0.4, 0.5) is 5.69 Å². The predicted molar refractivity (Wildman–Crippen MR) is 100 cm³/mol. The van der Waals surface area contributed by atoms with E-state index in [-0.39, 0.29) is 18.5 Å². The molecule has 0 bridgehead atoms. The highest BCUT2D eigenvalue weighted by Gasteiger charge is 2.20. The molecule has 0 fully saturated rings. The van der Waals surface area contributed by atoms with Crippen molar-refractivity contribution in [3.05, 3.63) is 28.8 Å². The van der Waals surface area contributed by atoms with Crippen LogP contribution in [0.1, 0.15) is 45.1 Å². The van der Waals surface area contributed by atoms with Gasteiger partial charge < -0.3 is 5.32 Å². The topological polar surface area (TPSA) is 66.5 Å². The lowest BCUT2D eigenvalue weighted by molar-refractivity contribution is -0.121. The number of nitrogens with zero attached hydrogens (tertiary/aromatic N) is 1. The number of carbonyl (C=O) groups is 1. The number of nitrogens with one attached hydrogen (secondary N) is 1. The van der Waals surface area contributed by atoms with Crippen LogP contribution in [0.2, 0.25) is 5.02 Å². The summed E-state index contributed by atoms with van der Waals surface area (Å²) < 4.78 is 25.5. The van der Waals surface area contributed by atoms with Gasteiger partial charge in [0.2, 0.25) is 15.9 Å². The van der Waals surface area contributed by atoms with Crippen LogP contribution in [0.5, 0.6) is 0 Å². The zero-order valence-electron chi connectivity index (χ0n) is 14.8. The third-order valence-corrected chi connectivity index (χ3v) is 5.15. The predicted octanol–water partition coefficient (Wildman–Crippen LogP) is 3.50. The smallest absolute Gasteiger partial charge is 0.232 e. The van der Waals surface area contributed by atoms with E-state index < -0.39 is 10.0 Å². The van der Waals surface area contributed by atoms with Gasteiger partial charge in [0, 0.05) is 24.0 Å². The van der Waals surface area contributed by atoms with Crippen LogP contribution < -0.4 is 9.62 Å². The standard InChI is InChI=1S/C17H27ClN2O3S/c1-5-7-14(3)19-17(21)8-6-11-20(24(4,22)23)16-12-15(18)10-9-13(16)2/h9-10,12,14H,5-8,11H2,1-4H3,(H,19,21)/t14-/m0/s1. The van der Waals surface area contributed by atoms with Gasteiger partial charge in [-0.15, -0.1) is 0 Å². The SMILES string of the molecule is CCC[C@H](C)NC(=O)CCCN(c1cc(Cl)ccc1C)S(C)(=O)=O. The Bertz CT molecular complexity index is 662. The van der Waals surface area contributed by atoms with Gasteiger partial charge in [-0.25, -0.2) is 8.42 Å². The first-order valence-electron chi connectivity index (χ1n) is 8.18. The molecule has 0 aromatic heterocycles. The van der Waals surface area contributed by atoms with Gasteiger partial charge in [0.25, 0.3) is 0 Å². The first-order valence-corrected chi connectivity index (χ1v) is 10.4. The van der Waals surface area contributed by atoms with Crippen LogP contribution in [0.15, 0.2) is 18.2 Å². The lowest BCUT2D eigenvalue weighted by Crippen LogP contribution is -2.34. The van der Waals surface area contributed by atoms with Gasteiger partial charge in [-0.1, -0.05) is 31.0 Å². The number of benzene rings is 1. The number of hydrogen-bond donors (Lipinski definition) is 1. The minimum atomic E-state index is -3.44. The third kappa shape index (κ3) is 6.69. The number of aryl methyl sites for hydroxylation is 1. The van der Waals surface area contributed by atoms with Crippen LogP contribution >= 0.6 is 11.6 Å². The van der Waals surface area contributed by atoms with Gasteiger partial charge >= 0.3 is 0 Å². The van der Waals surface area contributed by atoms with Crippen LogP contribution in [0.25, 0.3) is 0 Å². The van der Waals surface area contributed by atoms with E-state index in [1.807, 2.05) is 13.8 Å². The fourth-order valence-electron chi connectivity index (χ4n) is 2.55. The Hall–Kier alpha value is -1.27. The Kier molecular flexibility index (Phi) is 8.03. The summed E-state index contributed by atoms with van der Waals surface area (Å²) in [6.07, 6.45) is 3.85. The summed E-state index contributed by atoms with van der Waals surface area (Å²) in [6.45, 7) is 6.12. The molecule has 7 heteroatoms. The van der Waals surface area contributed by atoms with Crippen molar-refractivity contribution in [3.63, 3.8) is 0 Å². The molecule has 1 aromatic carbocycles. The van der Waals surface area contributed by atoms with Gasteiger partial charge in [-0.3, -0.25) is 9.10 Å². The van der Waals surface area contributed by atoms with Gasteiger partial charge in [0.05, 0.1) is 11.9 Å². The number of amides is 1. The summed E-state index contributed by atoms with van der Waals surface area (Å²) in [5, 5.41) is 3.41. The summed E-state index contributed by atoms with van der Waals surface area (Å²) in [5.41, 5.74) is 1.38. The highest BCUT2D eigenvalue weighted by Crippen LogP contribution is 2.26. The van der Waals surface area contributed by atoms with E-state index >= 15 is 0 Å². The molecule has 1 amide bonds. The minimum Gasteiger partial charge on any atom is -0.354 e. The molecule has 0 aliphatic carbocycles. The zero-order valence-corrected chi connectivity index (χ0v) is 16.4. The molecule has 0 heterocycles. The number of hydrogen-bond acceptors (Lipinski definition) is 3. The van der Waals surface area contributed by atoms with E-state index in [4.69, 9.17) is 11.6 Å². The maximum absolute atomic E-state index is 12.1. The summed E-state index contributed by atoms with van der Waals surface area (Å²) >= 11 is 6.00. The Morgan fingerprint density at radius 3 is 2.62 bits per heavy atom. The van der Waals surface area contributed by atoms with E-state index in [1.165, 1.54) is 4.31 Å². The van der Waals surface area contributed by atoms with Crippen molar-refractivity contribution in [1.82, 2.24) is 5.32 Å². The second kappa shape index (κ2) is 9.28. The zero-order chi connectivity index (χ0) is 18.3. The Morgan fingerprint density at radius 1 is 1.38 bits per heavy atom. The lowest BCUT2D eigenvalue weighted by atomic mass is 10.2. The largest absolute Gasteiger partial charge is 0.354 e. The van der Waals surface area contributed by atoms with Gasteiger partial charge in [0.15, 0.2) is 0 Å². The first-order chi connectivity index (χ1) is 11.1. The Balaban J connectivity index is 2.73. The quantitative estimate of drug-likeness (QED) is 0.719. The number of halogens is 1. The van der Waals surface area contributed by atoms with Crippen LogP contribution in [-0.2, 0) is 14.8 Å². The molecule has 1 N–H and O–H groups in total. The molecule has 0 radical (unpaired) electrons. The molecule has 1 atom stereocenters. The summed E-state index contributed by atoms with van der Waals surface area (Å²) in [4.78, 5) is 11.9. The lowest BCUT2D eigenvalue weighted by Gasteiger charge is -2.24. The van der Waals surface area contributed by atoms with E-state index in [9.17, 15) is 13.2 Å². The third-order valence-electron chi connectivity index (χ3n) is 3.73. The molecule has 1 aromatic rings. The van der Waals surface area contributed by atoms with Crippen LogP contribution in [-0.4, -0.2) is 33.2 Å². The fourth-order valence-corrected chi connectivity index (χ4v) is 3.73. The first kappa shape index (κ1) is 20.8. The van der Waals surface area contributed by atoms with Crippen molar-refractivity contribution >= 4 is 33.2 Å². The van der Waals surface area contributed by atoms with Gasteiger partial charge in [0.1, 0.15) is 0 Å². The molecule has 5 nitrogen and oxygen atoms in total. The van der Waals surface area contributed by atoms with E-state index in [2.05, 4.69) is 12.2 Å². The average molecular weight is 375 g/mol. The molecular formula is C17H27ClN2O3S. The van der Waals surface area contributed by atoms with Crippen LogP contribution in [0.3, 0.4) is 0 Å². The Morgan fingerprint density at radius 2 is 2.04 bits per heavy atom. The van der Waals surface area contributed by atoms with Crippen molar-refractivity contribution < 1.29 is 13.2 Å². The van der Waals surface area contributed by atoms with Crippen molar-refractivity contribution in [2.75, 3.05) is 17.1 Å². The molecule has 0 spiro atoms. The molecule has 24 heavy (non-hydrogen) atoms. The molecule has 0 aliphatic rings. The van der Waals surface area contributed by atoms with Gasteiger partial charge in [-0.2, -0.15) is 0 Å². The Labute approximate surface area is 150 Å². The maximum atomic E-state index is 12.1. The van der Waals surface area contributed by atoms with Crippen LogP contribution in [0, 0.1) is 6.92 Å². The molecule has 1 rings (SSSR count). The minimum absolute atomic E-state index is 0.0489. The van der Waals surface area contributed by atoms with Gasteiger partial charge in [-0.05, 0) is 44.4 Å². The van der Waals surface area contributed by atoms with Crippen molar-refractivity contribution in [3.8, 4) is 0 Å². The molecule has 0 saturated carbocycles. The second-order valence-electron chi connectivity index (χ2n) is 6.13. The molecule has 0 unspecified atom stereocenters. The van der Waals surface area contributed by atoms with E-state index in [0.717, 1.165) is 24.7 Å². The van der Waals surface area contributed by atoms with E-state index in [1.54, 1.807) is 18.2 Å². The number of sulfonamides is 1. The maximum Gasteiger partial charge on any atom is 0.232 e. The highest BCUT2D eigenvalue weighted by atomic mass is 35.5. The number of rotatable bonds is 9. The monoisotopic (exact) mass is 374 g/mol. The second-order valence-corrected chi connectivity index (χ2v) is 8.47. The molecule has 0 saturated heterocycles. The average Bonchev–Trinajstić information content (AvgIpc) is 2.45.